The third-order valence-electron chi connectivity index (χ3n) is 4.45. The summed E-state index contributed by atoms with van der Waals surface area (Å²) in [6.45, 7) is 3.84. The molecule has 142 valence electrons. The van der Waals surface area contributed by atoms with Crippen molar-refractivity contribution in [2.24, 2.45) is 5.10 Å². The zero-order valence-electron chi connectivity index (χ0n) is 15.7. The molecule has 0 saturated carbocycles. The van der Waals surface area contributed by atoms with E-state index in [0.717, 1.165) is 21.2 Å². The van der Waals surface area contributed by atoms with E-state index < -0.39 is 11.5 Å². The second kappa shape index (κ2) is 8.50. The molecule has 0 atom stereocenters. The van der Waals surface area contributed by atoms with Gasteiger partial charge in [0, 0.05) is 4.47 Å². The number of hydrogen-bond acceptors (Lipinski definition) is 3. The van der Waals surface area contributed by atoms with Crippen LogP contribution in [0.1, 0.15) is 27.8 Å². The number of carbonyl (C=O) groups is 1. The Kier molecular flexibility index (Phi) is 6.07. The molecule has 28 heavy (non-hydrogen) atoms. The lowest BCUT2D eigenvalue weighted by atomic mass is 9.84. The first-order valence-corrected chi connectivity index (χ1v) is 9.64. The van der Waals surface area contributed by atoms with Crippen LogP contribution in [0.5, 0.6) is 0 Å². The van der Waals surface area contributed by atoms with Crippen molar-refractivity contribution >= 4 is 28.1 Å². The van der Waals surface area contributed by atoms with E-state index in [1.54, 1.807) is 24.3 Å². The van der Waals surface area contributed by atoms with Crippen LogP contribution in [0.25, 0.3) is 0 Å². The minimum absolute atomic E-state index is 0.495. The highest BCUT2D eigenvalue weighted by molar-refractivity contribution is 9.10. The number of halogens is 1. The zero-order chi connectivity index (χ0) is 20.1. The Morgan fingerprint density at radius 3 is 2.00 bits per heavy atom. The van der Waals surface area contributed by atoms with E-state index in [0.29, 0.717) is 11.1 Å². The molecular weight excluding hydrogens is 416 g/mol. The summed E-state index contributed by atoms with van der Waals surface area (Å²) in [5.41, 5.74) is 4.37. The molecule has 0 aliphatic heterocycles. The highest BCUT2D eigenvalue weighted by Crippen LogP contribution is 2.31. The fraction of sp³-hybridized carbons (Fsp3) is 0.130. The van der Waals surface area contributed by atoms with Crippen LogP contribution in [0.2, 0.25) is 0 Å². The van der Waals surface area contributed by atoms with Gasteiger partial charge in [0.05, 0.1) is 6.21 Å². The lowest BCUT2D eigenvalue weighted by Crippen LogP contribution is -2.43. The van der Waals surface area contributed by atoms with E-state index >= 15 is 0 Å². The van der Waals surface area contributed by atoms with Gasteiger partial charge >= 0.3 is 0 Å². The summed E-state index contributed by atoms with van der Waals surface area (Å²) in [6.07, 6.45) is 1.54. The summed E-state index contributed by atoms with van der Waals surface area (Å²) in [7, 11) is 0. The average molecular weight is 437 g/mol. The molecule has 0 saturated heterocycles. The number of aryl methyl sites for hydroxylation is 2. The van der Waals surface area contributed by atoms with Crippen LogP contribution in [0.4, 0.5) is 0 Å². The number of aliphatic hydroxyl groups is 1. The van der Waals surface area contributed by atoms with Gasteiger partial charge in [0.25, 0.3) is 5.91 Å². The maximum Gasteiger partial charge on any atom is 0.281 e. The highest BCUT2D eigenvalue weighted by atomic mass is 79.9. The van der Waals surface area contributed by atoms with Gasteiger partial charge in [-0.3, -0.25) is 4.79 Å². The Morgan fingerprint density at radius 2 is 1.50 bits per heavy atom. The maximum atomic E-state index is 13.1. The smallest absolute Gasteiger partial charge is 0.281 e. The molecule has 2 N–H and O–H groups in total. The third kappa shape index (κ3) is 4.38. The second-order valence-corrected chi connectivity index (χ2v) is 7.62. The lowest BCUT2D eigenvalue weighted by Gasteiger charge is -2.27. The molecule has 0 heterocycles. The lowest BCUT2D eigenvalue weighted by molar-refractivity contribution is -0.136. The van der Waals surface area contributed by atoms with E-state index in [-0.39, 0.29) is 0 Å². The van der Waals surface area contributed by atoms with Gasteiger partial charge < -0.3 is 5.11 Å². The molecule has 5 heteroatoms. The van der Waals surface area contributed by atoms with Gasteiger partial charge in [-0.2, -0.15) is 5.10 Å². The van der Waals surface area contributed by atoms with E-state index in [2.05, 4.69) is 26.5 Å². The van der Waals surface area contributed by atoms with E-state index in [1.807, 2.05) is 62.4 Å². The molecule has 4 nitrogen and oxygen atoms in total. The Hall–Kier alpha value is -2.76. The first-order valence-electron chi connectivity index (χ1n) is 8.85. The summed E-state index contributed by atoms with van der Waals surface area (Å²) >= 11 is 3.38. The summed E-state index contributed by atoms with van der Waals surface area (Å²) in [5.74, 6) is -0.614. The molecule has 0 spiro atoms. The van der Waals surface area contributed by atoms with Gasteiger partial charge in [0.1, 0.15) is 0 Å². The predicted molar refractivity (Wildman–Crippen MR) is 115 cm³/mol. The fourth-order valence-corrected chi connectivity index (χ4v) is 3.23. The van der Waals surface area contributed by atoms with Crippen molar-refractivity contribution in [1.82, 2.24) is 5.43 Å². The first-order chi connectivity index (χ1) is 13.4. The molecule has 0 fully saturated rings. The van der Waals surface area contributed by atoms with Crippen molar-refractivity contribution in [1.29, 1.82) is 0 Å². The third-order valence-corrected chi connectivity index (χ3v) is 4.98. The molecule has 0 aliphatic rings. The van der Waals surface area contributed by atoms with Crippen LogP contribution in [-0.4, -0.2) is 17.2 Å². The Balaban J connectivity index is 1.94. The molecule has 0 aromatic heterocycles. The number of hydrazone groups is 1. The van der Waals surface area contributed by atoms with E-state index in [4.69, 9.17) is 0 Å². The van der Waals surface area contributed by atoms with Crippen LogP contribution in [0.15, 0.2) is 82.4 Å². The normalized spacial score (nSPS) is 11.6. The van der Waals surface area contributed by atoms with Crippen LogP contribution in [0, 0.1) is 13.8 Å². The highest BCUT2D eigenvalue weighted by Gasteiger charge is 2.40. The molecule has 3 aromatic rings. The number of hydrogen-bond donors (Lipinski definition) is 2. The molecule has 0 aliphatic carbocycles. The molecular formula is C23H21BrN2O2. The summed E-state index contributed by atoms with van der Waals surface area (Å²) in [5, 5.41) is 15.5. The van der Waals surface area contributed by atoms with Crippen LogP contribution in [0.3, 0.4) is 0 Å². The van der Waals surface area contributed by atoms with Gasteiger partial charge in [-0.1, -0.05) is 87.7 Å². The number of nitrogens with one attached hydrogen (secondary N) is 1. The van der Waals surface area contributed by atoms with Crippen LogP contribution >= 0.6 is 15.9 Å². The van der Waals surface area contributed by atoms with Crippen molar-refractivity contribution in [3.63, 3.8) is 0 Å². The Morgan fingerprint density at radius 1 is 0.964 bits per heavy atom. The number of amides is 1. The van der Waals surface area contributed by atoms with Crippen molar-refractivity contribution in [3.8, 4) is 0 Å². The van der Waals surface area contributed by atoms with Gasteiger partial charge in [-0.05, 0) is 42.7 Å². The van der Waals surface area contributed by atoms with Crippen molar-refractivity contribution in [3.05, 3.63) is 105 Å². The minimum Gasteiger partial charge on any atom is -0.372 e. The van der Waals surface area contributed by atoms with Crippen molar-refractivity contribution < 1.29 is 9.90 Å². The quantitative estimate of drug-likeness (QED) is 0.458. The standard InChI is InChI=1S/C23H21BrN2O2/c1-16-5-3-7-19(13-16)23(28,20-8-4-6-17(2)14-20)22(27)26-25-15-18-9-11-21(24)12-10-18/h3-15,28H,1-2H3,(H,26,27). The largest absolute Gasteiger partial charge is 0.372 e. The molecule has 1 amide bonds. The van der Waals surface area contributed by atoms with Crippen molar-refractivity contribution in [2.75, 3.05) is 0 Å². The monoisotopic (exact) mass is 436 g/mol. The summed E-state index contributed by atoms with van der Waals surface area (Å²) < 4.78 is 0.960. The molecule has 3 aromatic carbocycles. The minimum atomic E-state index is -1.85. The second-order valence-electron chi connectivity index (χ2n) is 6.70. The summed E-state index contributed by atoms with van der Waals surface area (Å²) in [4.78, 5) is 13.1. The topological polar surface area (TPSA) is 61.7 Å². The van der Waals surface area contributed by atoms with Crippen LogP contribution in [-0.2, 0) is 10.4 Å². The maximum absolute atomic E-state index is 13.1. The number of rotatable bonds is 5. The van der Waals surface area contributed by atoms with E-state index in [1.165, 1.54) is 6.21 Å². The van der Waals surface area contributed by atoms with Gasteiger partial charge in [0.2, 0.25) is 0 Å². The molecule has 3 rings (SSSR count). The van der Waals surface area contributed by atoms with Gasteiger partial charge in [-0.15, -0.1) is 0 Å². The van der Waals surface area contributed by atoms with Crippen LogP contribution < -0.4 is 5.43 Å². The zero-order valence-corrected chi connectivity index (χ0v) is 17.3. The van der Waals surface area contributed by atoms with E-state index in [9.17, 15) is 9.90 Å². The SMILES string of the molecule is Cc1cccc(C(O)(C(=O)NN=Cc2ccc(Br)cc2)c2cccc(C)c2)c1. The molecule has 0 radical (unpaired) electrons. The number of benzene rings is 3. The Bertz CT molecular complexity index is 968. The van der Waals surface area contributed by atoms with Gasteiger partial charge in [-0.25, -0.2) is 5.43 Å². The molecule has 0 bridgehead atoms. The van der Waals surface area contributed by atoms with Crippen molar-refractivity contribution in [2.45, 2.75) is 19.4 Å². The number of carbonyl (C=O) groups excluding carboxylic acids is 1. The summed E-state index contributed by atoms with van der Waals surface area (Å²) in [6, 6.07) is 22.1. The predicted octanol–water partition coefficient (Wildman–Crippen LogP) is 4.45. The Labute approximate surface area is 173 Å². The average Bonchev–Trinajstić information content (AvgIpc) is 2.68. The first kappa shape index (κ1) is 20.0. The van der Waals surface area contributed by atoms with Gasteiger partial charge in [0.15, 0.2) is 5.60 Å². The number of nitrogens with zero attached hydrogens (tertiary/aromatic N) is 1. The molecule has 0 unspecified atom stereocenters. The fourth-order valence-electron chi connectivity index (χ4n) is 2.96.